The Morgan fingerprint density at radius 2 is 2.00 bits per heavy atom. The molecule has 0 bridgehead atoms. The Kier molecular flexibility index (Phi) is 4.00. The van der Waals surface area contributed by atoms with Gasteiger partial charge in [0.2, 0.25) is 0 Å². The lowest BCUT2D eigenvalue weighted by Crippen LogP contribution is -2.45. The van der Waals surface area contributed by atoms with Gasteiger partial charge in [-0.05, 0) is 43.4 Å². The maximum absolute atomic E-state index is 8.95. The molecule has 0 saturated heterocycles. The Labute approximate surface area is 105 Å². The van der Waals surface area contributed by atoms with Crippen LogP contribution in [0.5, 0.6) is 0 Å². The van der Waals surface area contributed by atoms with Crippen LogP contribution in [-0.4, -0.2) is 23.8 Å². The largest absolute Gasteiger partial charge is 0.395 e. The van der Waals surface area contributed by atoms with Gasteiger partial charge in [0.05, 0.1) is 6.61 Å². The van der Waals surface area contributed by atoms with Gasteiger partial charge >= 0.3 is 0 Å². The first kappa shape index (κ1) is 12.1. The topological polar surface area (TPSA) is 32.3 Å². The summed E-state index contributed by atoms with van der Waals surface area (Å²) in [5, 5.41) is 12.4. The Morgan fingerprint density at radius 1 is 1.38 bits per heavy atom. The predicted octanol–water partition coefficient (Wildman–Crippen LogP) is 2.67. The van der Waals surface area contributed by atoms with Crippen molar-refractivity contribution in [3.05, 3.63) is 34.3 Å². The second kappa shape index (κ2) is 5.30. The van der Waals surface area contributed by atoms with Crippen LogP contribution in [0.1, 0.15) is 31.2 Å². The van der Waals surface area contributed by atoms with Crippen molar-refractivity contribution in [2.75, 3.05) is 6.61 Å². The van der Waals surface area contributed by atoms with Crippen LogP contribution in [0.3, 0.4) is 0 Å². The molecule has 2 nitrogen and oxygen atoms in total. The first-order valence-electron chi connectivity index (χ1n) is 5.81. The van der Waals surface area contributed by atoms with Crippen LogP contribution in [-0.2, 0) is 0 Å². The Hall–Kier alpha value is -0.380. The van der Waals surface area contributed by atoms with Gasteiger partial charge in [-0.3, -0.25) is 0 Å². The first-order valence-corrected chi connectivity index (χ1v) is 6.60. The number of nitrogens with one attached hydrogen (secondary N) is 1. The SMILES string of the molecule is C[C@H](CO)NC1CC(c2ccc(Br)cc2)C1. The van der Waals surface area contributed by atoms with E-state index in [-0.39, 0.29) is 12.6 Å². The molecule has 0 unspecified atom stereocenters. The van der Waals surface area contributed by atoms with Crippen LogP contribution in [0.4, 0.5) is 0 Å². The van der Waals surface area contributed by atoms with Crippen molar-refractivity contribution in [1.29, 1.82) is 0 Å². The van der Waals surface area contributed by atoms with Crippen molar-refractivity contribution >= 4 is 15.9 Å². The summed E-state index contributed by atoms with van der Waals surface area (Å²) in [6, 6.07) is 9.39. The summed E-state index contributed by atoms with van der Waals surface area (Å²) < 4.78 is 1.14. The van der Waals surface area contributed by atoms with E-state index in [4.69, 9.17) is 5.11 Å². The predicted molar refractivity (Wildman–Crippen MR) is 69.6 cm³/mol. The molecule has 2 N–H and O–H groups in total. The van der Waals surface area contributed by atoms with E-state index in [0.29, 0.717) is 12.0 Å². The van der Waals surface area contributed by atoms with E-state index < -0.39 is 0 Å². The molecule has 0 aromatic heterocycles. The zero-order valence-electron chi connectivity index (χ0n) is 9.49. The molecule has 1 aliphatic rings. The highest BCUT2D eigenvalue weighted by Gasteiger charge is 2.30. The van der Waals surface area contributed by atoms with E-state index in [0.717, 1.165) is 4.47 Å². The van der Waals surface area contributed by atoms with Crippen molar-refractivity contribution in [3.8, 4) is 0 Å². The van der Waals surface area contributed by atoms with Gasteiger partial charge < -0.3 is 10.4 Å². The molecule has 3 heteroatoms. The van der Waals surface area contributed by atoms with Crippen molar-refractivity contribution < 1.29 is 5.11 Å². The monoisotopic (exact) mass is 283 g/mol. The number of aliphatic hydroxyl groups is 1. The molecule has 88 valence electrons. The summed E-state index contributed by atoms with van der Waals surface area (Å²) in [4.78, 5) is 0. The van der Waals surface area contributed by atoms with Crippen LogP contribution >= 0.6 is 15.9 Å². The van der Waals surface area contributed by atoms with E-state index in [1.165, 1.54) is 18.4 Å². The van der Waals surface area contributed by atoms with Gasteiger partial charge in [-0.2, -0.15) is 0 Å². The molecule has 0 spiro atoms. The fourth-order valence-corrected chi connectivity index (χ4v) is 2.48. The van der Waals surface area contributed by atoms with Gasteiger partial charge in [0.1, 0.15) is 0 Å². The average Bonchev–Trinajstić information content (AvgIpc) is 2.24. The molecular weight excluding hydrogens is 266 g/mol. The molecule has 1 atom stereocenters. The van der Waals surface area contributed by atoms with Crippen LogP contribution < -0.4 is 5.32 Å². The highest BCUT2D eigenvalue weighted by Crippen LogP contribution is 2.37. The van der Waals surface area contributed by atoms with Gasteiger partial charge in [-0.15, -0.1) is 0 Å². The second-order valence-corrected chi connectivity index (χ2v) is 5.58. The summed E-state index contributed by atoms with van der Waals surface area (Å²) >= 11 is 3.45. The number of rotatable bonds is 4. The number of hydrogen-bond donors (Lipinski definition) is 2. The Balaban J connectivity index is 1.82. The van der Waals surface area contributed by atoms with Crippen molar-refractivity contribution in [2.45, 2.75) is 37.8 Å². The molecule has 0 amide bonds. The van der Waals surface area contributed by atoms with Crippen molar-refractivity contribution in [1.82, 2.24) is 5.32 Å². The van der Waals surface area contributed by atoms with Gasteiger partial charge in [0.15, 0.2) is 0 Å². The second-order valence-electron chi connectivity index (χ2n) is 4.67. The molecule has 1 aromatic rings. The smallest absolute Gasteiger partial charge is 0.0582 e. The van der Waals surface area contributed by atoms with E-state index in [1.54, 1.807) is 0 Å². The minimum absolute atomic E-state index is 0.218. The molecule has 0 aliphatic heterocycles. The third-order valence-electron chi connectivity index (χ3n) is 3.27. The highest BCUT2D eigenvalue weighted by molar-refractivity contribution is 9.10. The molecule has 1 fully saturated rings. The van der Waals surface area contributed by atoms with Crippen LogP contribution in [0.2, 0.25) is 0 Å². The first-order chi connectivity index (χ1) is 7.69. The minimum Gasteiger partial charge on any atom is -0.395 e. The maximum Gasteiger partial charge on any atom is 0.0582 e. The molecular formula is C13H18BrNO. The van der Waals surface area contributed by atoms with Crippen molar-refractivity contribution in [2.24, 2.45) is 0 Å². The Morgan fingerprint density at radius 3 is 2.56 bits per heavy atom. The van der Waals surface area contributed by atoms with Crippen molar-refractivity contribution in [3.63, 3.8) is 0 Å². The lowest BCUT2D eigenvalue weighted by atomic mass is 9.75. The zero-order valence-corrected chi connectivity index (χ0v) is 11.1. The Bertz CT molecular complexity index is 332. The standard InChI is InChI=1S/C13H18BrNO/c1-9(8-16)15-13-6-11(7-13)10-2-4-12(14)5-3-10/h2-5,9,11,13,15-16H,6-8H2,1H3/t9-,11?,13?/m1/s1. The summed E-state index contributed by atoms with van der Waals surface area (Å²) in [6.45, 7) is 2.24. The van der Waals surface area contributed by atoms with Crippen LogP contribution in [0, 0.1) is 0 Å². The summed E-state index contributed by atoms with van der Waals surface area (Å²) in [7, 11) is 0. The normalized spacial score (nSPS) is 26.2. The molecule has 16 heavy (non-hydrogen) atoms. The molecule has 1 aromatic carbocycles. The summed E-state index contributed by atoms with van der Waals surface area (Å²) in [5.41, 5.74) is 1.43. The molecule has 0 radical (unpaired) electrons. The third-order valence-corrected chi connectivity index (χ3v) is 3.80. The molecule has 0 heterocycles. The van der Waals surface area contributed by atoms with E-state index in [2.05, 4.69) is 45.5 Å². The van der Waals surface area contributed by atoms with Gasteiger partial charge in [0.25, 0.3) is 0 Å². The number of benzene rings is 1. The summed E-state index contributed by atoms with van der Waals surface area (Å²) in [5.74, 6) is 0.691. The lowest BCUT2D eigenvalue weighted by molar-refractivity contribution is 0.204. The summed E-state index contributed by atoms with van der Waals surface area (Å²) in [6.07, 6.45) is 2.37. The van der Waals surface area contributed by atoms with Gasteiger partial charge in [-0.1, -0.05) is 28.1 Å². The fourth-order valence-electron chi connectivity index (χ4n) is 2.22. The fraction of sp³-hybridized carbons (Fsp3) is 0.538. The molecule has 1 saturated carbocycles. The quantitative estimate of drug-likeness (QED) is 0.891. The highest BCUT2D eigenvalue weighted by atomic mass is 79.9. The molecule has 2 rings (SSSR count). The zero-order chi connectivity index (χ0) is 11.5. The van der Waals surface area contributed by atoms with Gasteiger partial charge in [0, 0.05) is 16.6 Å². The lowest BCUT2D eigenvalue weighted by Gasteiger charge is -2.38. The number of aliphatic hydroxyl groups excluding tert-OH is 1. The van der Waals surface area contributed by atoms with Gasteiger partial charge in [-0.25, -0.2) is 0 Å². The van der Waals surface area contributed by atoms with E-state index in [1.807, 2.05) is 6.92 Å². The van der Waals surface area contributed by atoms with E-state index in [9.17, 15) is 0 Å². The third kappa shape index (κ3) is 2.84. The maximum atomic E-state index is 8.95. The average molecular weight is 284 g/mol. The van der Waals surface area contributed by atoms with E-state index >= 15 is 0 Å². The van der Waals surface area contributed by atoms with Crippen LogP contribution in [0.15, 0.2) is 28.7 Å². The minimum atomic E-state index is 0.218. The van der Waals surface area contributed by atoms with Crippen LogP contribution in [0.25, 0.3) is 0 Å². The number of halogens is 1. The molecule has 1 aliphatic carbocycles. The number of hydrogen-bond acceptors (Lipinski definition) is 2.